The number of benzene rings is 1. The highest BCUT2D eigenvalue weighted by molar-refractivity contribution is 7.89. The first-order valence-corrected chi connectivity index (χ1v) is 13.2. The summed E-state index contributed by atoms with van der Waals surface area (Å²) in [6.45, 7) is 6.57. The van der Waals surface area contributed by atoms with Gasteiger partial charge < -0.3 is 4.52 Å². The van der Waals surface area contributed by atoms with Crippen LogP contribution in [0.2, 0.25) is 0 Å². The SMILES string of the molecule is Cc1cccc(-c2noc(C3CCCCN3S(=O)(=O)CC34CCC(CC3=O)C4(C)C)n2)c1. The fourth-order valence-electron chi connectivity index (χ4n) is 6.26. The molecule has 0 radical (unpaired) electrons. The second-order valence-electron chi connectivity index (χ2n) is 10.4. The second-order valence-corrected chi connectivity index (χ2v) is 12.3. The number of hydrogen-bond acceptors (Lipinski definition) is 6. The minimum absolute atomic E-state index is 0.113. The van der Waals surface area contributed by atoms with Crippen molar-refractivity contribution in [3.8, 4) is 11.4 Å². The highest BCUT2D eigenvalue weighted by Gasteiger charge is 2.65. The zero-order valence-electron chi connectivity index (χ0n) is 19.0. The molecule has 2 bridgehead atoms. The number of aryl methyl sites for hydroxylation is 1. The lowest BCUT2D eigenvalue weighted by atomic mass is 9.70. The molecule has 0 amide bonds. The summed E-state index contributed by atoms with van der Waals surface area (Å²) < 4.78 is 34.6. The number of aromatic nitrogens is 2. The molecule has 3 unspecified atom stereocenters. The molecule has 8 heteroatoms. The summed E-state index contributed by atoms with van der Waals surface area (Å²) in [5.41, 5.74) is 0.874. The highest BCUT2D eigenvalue weighted by Crippen LogP contribution is 2.64. The maximum atomic E-state index is 13.7. The van der Waals surface area contributed by atoms with Gasteiger partial charge in [0.1, 0.15) is 11.8 Å². The quantitative estimate of drug-likeness (QED) is 0.665. The summed E-state index contributed by atoms with van der Waals surface area (Å²) in [4.78, 5) is 17.5. The molecule has 3 atom stereocenters. The van der Waals surface area contributed by atoms with Gasteiger partial charge in [-0.25, -0.2) is 8.42 Å². The third-order valence-electron chi connectivity index (χ3n) is 8.38. The van der Waals surface area contributed by atoms with E-state index in [4.69, 9.17) is 4.52 Å². The van der Waals surface area contributed by atoms with Crippen molar-refractivity contribution in [3.63, 3.8) is 0 Å². The lowest BCUT2D eigenvalue weighted by Gasteiger charge is -2.39. The van der Waals surface area contributed by atoms with Gasteiger partial charge >= 0.3 is 0 Å². The minimum atomic E-state index is -3.69. The van der Waals surface area contributed by atoms with Crippen LogP contribution in [0.5, 0.6) is 0 Å². The average molecular weight is 458 g/mol. The van der Waals surface area contributed by atoms with Crippen molar-refractivity contribution in [2.24, 2.45) is 16.7 Å². The smallest absolute Gasteiger partial charge is 0.245 e. The first-order valence-electron chi connectivity index (χ1n) is 11.6. The van der Waals surface area contributed by atoms with Gasteiger partial charge in [0.2, 0.25) is 21.7 Å². The van der Waals surface area contributed by atoms with Crippen LogP contribution >= 0.6 is 0 Å². The summed E-state index contributed by atoms with van der Waals surface area (Å²) in [7, 11) is -3.69. The number of carbonyl (C=O) groups excluding carboxylic acids is 1. The molecular weight excluding hydrogens is 426 g/mol. The number of Topliss-reactive ketones (excluding diaryl/α,β-unsaturated/α-hetero) is 1. The lowest BCUT2D eigenvalue weighted by Crippen LogP contribution is -2.48. The minimum Gasteiger partial charge on any atom is -0.337 e. The van der Waals surface area contributed by atoms with Gasteiger partial charge in [-0.05, 0) is 50.0 Å². The summed E-state index contributed by atoms with van der Waals surface area (Å²) >= 11 is 0. The van der Waals surface area contributed by atoms with Crippen molar-refractivity contribution in [2.75, 3.05) is 12.3 Å². The monoisotopic (exact) mass is 457 g/mol. The predicted molar refractivity (Wildman–Crippen MR) is 120 cm³/mol. The summed E-state index contributed by atoms with van der Waals surface area (Å²) in [6, 6.07) is 7.35. The number of rotatable bonds is 5. The van der Waals surface area contributed by atoms with Gasteiger partial charge in [0.05, 0.1) is 5.75 Å². The first kappa shape index (κ1) is 21.8. The molecule has 1 aromatic heterocycles. The molecule has 1 aromatic carbocycles. The van der Waals surface area contributed by atoms with Gasteiger partial charge in [0.25, 0.3) is 0 Å². The molecular formula is C24H31N3O4S. The van der Waals surface area contributed by atoms with Crippen LogP contribution in [-0.2, 0) is 14.8 Å². The van der Waals surface area contributed by atoms with E-state index >= 15 is 0 Å². The van der Waals surface area contributed by atoms with Gasteiger partial charge in [0.15, 0.2) is 0 Å². The number of carbonyl (C=O) groups is 1. The van der Waals surface area contributed by atoms with E-state index in [-0.39, 0.29) is 22.9 Å². The molecule has 5 rings (SSSR count). The van der Waals surface area contributed by atoms with E-state index in [1.165, 1.54) is 4.31 Å². The summed E-state index contributed by atoms with van der Waals surface area (Å²) in [6.07, 6.45) is 4.44. The third kappa shape index (κ3) is 3.25. The molecule has 1 aliphatic heterocycles. The fourth-order valence-corrected chi connectivity index (χ4v) is 8.72. The van der Waals surface area contributed by atoms with E-state index in [1.807, 2.05) is 31.2 Å². The maximum absolute atomic E-state index is 13.7. The van der Waals surface area contributed by atoms with Gasteiger partial charge in [-0.1, -0.05) is 49.2 Å². The molecule has 2 aliphatic carbocycles. The van der Waals surface area contributed by atoms with E-state index in [1.54, 1.807) is 0 Å². The van der Waals surface area contributed by atoms with Crippen LogP contribution in [-0.4, -0.2) is 40.9 Å². The van der Waals surface area contributed by atoms with E-state index in [2.05, 4.69) is 24.0 Å². The highest BCUT2D eigenvalue weighted by atomic mass is 32.2. The van der Waals surface area contributed by atoms with Crippen molar-refractivity contribution in [1.29, 1.82) is 0 Å². The van der Waals surface area contributed by atoms with Crippen LogP contribution in [0, 0.1) is 23.7 Å². The Morgan fingerprint density at radius 1 is 1.22 bits per heavy atom. The summed E-state index contributed by atoms with van der Waals surface area (Å²) in [5, 5.41) is 4.13. The van der Waals surface area contributed by atoms with Crippen LogP contribution in [0.15, 0.2) is 28.8 Å². The molecule has 0 spiro atoms. The largest absolute Gasteiger partial charge is 0.337 e. The number of ketones is 1. The van der Waals surface area contributed by atoms with Crippen LogP contribution in [0.3, 0.4) is 0 Å². The Balaban J connectivity index is 1.44. The van der Waals surface area contributed by atoms with Crippen molar-refractivity contribution >= 4 is 15.8 Å². The van der Waals surface area contributed by atoms with Gasteiger partial charge in [-0.3, -0.25) is 4.79 Å². The van der Waals surface area contributed by atoms with E-state index in [0.717, 1.165) is 30.4 Å². The van der Waals surface area contributed by atoms with Crippen LogP contribution < -0.4 is 0 Å². The number of piperidine rings is 1. The average Bonchev–Trinajstić information content (AvgIpc) is 3.38. The molecule has 172 valence electrons. The van der Waals surface area contributed by atoms with E-state index < -0.39 is 21.5 Å². The maximum Gasteiger partial charge on any atom is 0.245 e. The Hall–Kier alpha value is -2.06. The third-order valence-corrected chi connectivity index (χ3v) is 10.4. The van der Waals surface area contributed by atoms with E-state index in [9.17, 15) is 13.2 Å². The van der Waals surface area contributed by atoms with Crippen LogP contribution in [0.4, 0.5) is 0 Å². The molecule has 32 heavy (non-hydrogen) atoms. The van der Waals surface area contributed by atoms with Crippen molar-refractivity contribution in [2.45, 2.75) is 65.3 Å². The van der Waals surface area contributed by atoms with Crippen LogP contribution in [0.1, 0.15) is 69.9 Å². The first-order chi connectivity index (χ1) is 15.1. The Labute approximate surface area is 189 Å². The second kappa shape index (κ2) is 7.48. The molecule has 3 aliphatic rings. The number of nitrogens with zero attached hydrogens (tertiary/aromatic N) is 3. The molecule has 1 saturated heterocycles. The van der Waals surface area contributed by atoms with Crippen molar-refractivity contribution in [3.05, 3.63) is 35.7 Å². The van der Waals surface area contributed by atoms with Gasteiger partial charge in [0, 0.05) is 23.9 Å². The number of fused-ring (bicyclic) bond motifs is 2. The Kier molecular flexibility index (Phi) is 5.09. The Bertz CT molecular complexity index is 1160. The van der Waals surface area contributed by atoms with Crippen LogP contribution in [0.25, 0.3) is 11.4 Å². The number of hydrogen-bond donors (Lipinski definition) is 0. The molecule has 3 fully saturated rings. The van der Waals surface area contributed by atoms with Crippen molar-refractivity contribution in [1.82, 2.24) is 14.4 Å². The predicted octanol–water partition coefficient (Wildman–Crippen LogP) is 4.30. The molecule has 0 N–H and O–H groups in total. The molecule has 7 nitrogen and oxygen atoms in total. The standard InChI is InChI=1S/C24H31N3O4S/c1-16-7-6-8-17(13-16)21-25-22(31-26-21)19-9-4-5-12-27(19)32(29,30)15-24-11-10-18(14-20(24)28)23(24,2)3/h6-8,13,18-19H,4-5,9-12,14-15H2,1-3H3. The fraction of sp³-hybridized carbons (Fsp3) is 0.625. The Morgan fingerprint density at radius 2 is 2.03 bits per heavy atom. The number of sulfonamides is 1. The van der Waals surface area contributed by atoms with E-state index in [0.29, 0.717) is 37.5 Å². The van der Waals surface area contributed by atoms with Gasteiger partial charge in [-0.2, -0.15) is 9.29 Å². The normalized spacial score (nSPS) is 30.2. The molecule has 2 aromatic rings. The molecule has 2 heterocycles. The molecule has 2 saturated carbocycles. The topological polar surface area (TPSA) is 93.4 Å². The zero-order valence-corrected chi connectivity index (χ0v) is 19.8. The van der Waals surface area contributed by atoms with Gasteiger partial charge in [-0.15, -0.1) is 0 Å². The summed E-state index contributed by atoms with van der Waals surface area (Å²) in [5.74, 6) is 1.10. The van der Waals surface area contributed by atoms with Crippen molar-refractivity contribution < 1.29 is 17.7 Å². The Morgan fingerprint density at radius 3 is 2.72 bits per heavy atom. The lowest BCUT2D eigenvalue weighted by molar-refractivity contribution is -0.128. The zero-order chi connectivity index (χ0) is 22.7.